The van der Waals surface area contributed by atoms with Gasteiger partial charge in [0.05, 0.1) is 0 Å². The van der Waals surface area contributed by atoms with Crippen molar-refractivity contribution in [1.29, 1.82) is 0 Å². The molecule has 1 saturated heterocycles. The molecule has 2 rings (SSSR count). The molecule has 0 radical (unpaired) electrons. The van der Waals surface area contributed by atoms with Crippen LogP contribution in [0.15, 0.2) is 24.3 Å². The van der Waals surface area contributed by atoms with Crippen molar-refractivity contribution in [3.8, 4) is 0 Å². The van der Waals surface area contributed by atoms with E-state index in [4.69, 9.17) is 0 Å². The smallest absolute Gasteiger partial charge is 0.0349 e. The third kappa shape index (κ3) is 2.23. The topological polar surface area (TPSA) is 12.0 Å². The predicted octanol–water partition coefficient (Wildman–Crippen LogP) is 3.31. The Kier molecular flexibility index (Phi) is 3.42. The molecule has 0 aliphatic carbocycles. The molecule has 1 N–H and O–H groups in total. The van der Waals surface area contributed by atoms with Crippen molar-refractivity contribution in [3.05, 3.63) is 35.4 Å². The van der Waals surface area contributed by atoms with Gasteiger partial charge in [-0.2, -0.15) is 0 Å². The Labute approximate surface area is 92.9 Å². The zero-order valence-electron chi connectivity index (χ0n) is 9.79. The standard InChI is InChI=1S/C14H21N/c1-3-11-5-7-13(8-6-11)14-12(4-2)9-10-15-14/h5-8,12,14-15H,3-4,9-10H2,1-2H3/t12-,14+/m1/s1. The lowest BCUT2D eigenvalue weighted by Crippen LogP contribution is -2.17. The van der Waals surface area contributed by atoms with Crippen LogP contribution in [0, 0.1) is 5.92 Å². The Balaban J connectivity index is 2.14. The molecule has 1 aromatic carbocycles. The van der Waals surface area contributed by atoms with Crippen molar-refractivity contribution < 1.29 is 0 Å². The van der Waals surface area contributed by atoms with Crippen LogP contribution in [-0.2, 0) is 6.42 Å². The van der Waals surface area contributed by atoms with Crippen LogP contribution in [-0.4, -0.2) is 6.54 Å². The van der Waals surface area contributed by atoms with E-state index in [0.717, 1.165) is 12.3 Å². The molecular formula is C14H21N. The molecular weight excluding hydrogens is 182 g/mol. The molecule has 0 saturated carbocycles. The van der Waals surface area contributed by atoms with E-state index in [2.05, 4.69) is 43.4 Å². The molecule has 2 atom stereocenters. The lowest BCUT2D eigenvalue weighted by atomic mass is 9.91. The Morgan fingerprint density at radius 3 is 2.53 bits per heavy atom. The molecule has 0 amide bonds. The zero-order valence-corrected chi connectivity index (χ0v) is 9.79. The average molecular weight is 203 g/mol. The lowest BCUT2D eigenvalue weighted by molar-refractivity contribution is 0.449. The Morgan fingerprint density at radius 2 is 1.93 bits per heavy atom. The molecule has 0 unspecified atom stereocenters. The first-order valence-corrected chi connectivity index (χ1v) is 6.17. The molecule has 0 bridgehead atoms. The van der Waals surface area contributed by atoms with E-state index < -0.39 is 0 Å². The minimum Gasteiger partial charge on any atom is -0.310 e. The van der Waals surface area contributed by atoms with Crippen LogP contribution in [0.5, 0.6) is 0 Å². The molecule has 82 valence electrons. The quantitative estimate of drug-likeness (QED) is 0.794. The second kappa shape index (κ2) is 4.80. The van der Waals surface area contributed by atoms with Crippen molar-refractivity contribution in [2.75, 3.05) is 6.54 Å². The van der Waals surface area contributed by atoms with E-state index in [9.17, 15) is 0 Å². The second-order valence-corrected chi connectivity index (χ2v) is 4.48. The van der Waals surface area contributed by atoms with Gasteiger partial charge in [-0.1, -0.05) is 44.5 Å². The summed E-state index contributed by atoms with van der Waals surface area (Å²) in [4.78, 5) is 0. The van der Waals surface area contributed by atoms with Crippen LogP contribution in [0.4, 0.5) is 0 Å². The molecule has 1 aliphatic rings. The fraction of sp³-hybridized carbons (Fsp3) is 0.571. The van der Waals surface area contributed by atoms with Crippen LogP contribution in [0.3, 0.4) is 0 Å². The van der Waals surface area contributed by atoms with E-state index in [0.29, 0.717) is 6.04 Å². The van der Waals surface area contributed by atoms with Gasteiger partial charge in [-0.3, -0.25) is 0 Å². The van der Waals surface area contributed by atoms with Crippen LogP contribution >= 0.6 is 0 Å². The zero-order chi connectivity index (χ0) is 10.7. The summed E-state index contributed by atoms with van der Waals surface area (Å²) in [5.41, 5.74) is 2.90. The summed E-state index contributed by atoms with van der Waals surface area (Å²) < 4.78 is 0. The first kappa shape index (κ1) is 10.7. The van der Waals surface area contributed by atoms with Crippen molar-refractivity contribution >= 4 is 0 Å². The number of hydrogen-bond donors (Lipinski definition) is 1. The van der Waals surface area contributed by atoms with Crippen LogP contribution in [0.2, 0.25) is 0 Å². The summed E-state index contributed by atoms with van der Waals surface area (Å²) >= 11 is 0. The Morgan fingerprint density at radius 1 is 1.20 bits per heavy atom. The summed E-state index contributed by atoms with van der Waals surface area (Å²) in [6.07, 6.45) is 3.75. The van der Waals surface area contributed by atoms with Crippen molar-refractivity contribution in [3.63, 3.8) is 0 Å². The number of benzene rings is 1. The first-order chi connectivity index (χ1) is 7.35. The van der Waals surface area contributed by atoms with E-state index in [-0.39, 0.29) is 0 Å². The van der Waals surface area contributed by atoms with Gasteiger partial charge in [-0.15, -0.1) is 0 Å². The van der Waals surface area contributed by atoms with Crippen LogP contribution in [0.1, 0.15) is 43.9 Å². The van der Waals surface area contributed by atoms with Gasteiger partial charge in [0.1, 0.15) is 0 Å². The van der Waals surface area contributed by atoms with Gasteiger partial charge in [0.25, 0.3) is 0 Å². The van der Waals surface area contributed by atoms with E-state index in [1.54, 1.807) is 0 Å². The molecule has 1 aromatic rings. The summed E-state index contributed by atoms with van der Waals surface area (Å²) in [5.74, 6) is 0.831. The van der Waals surface area contributed by atoms with Crippen LogP contribution < -0.4 is 5.32 Å². The highest BCUT2D eigenvalue weighted by atomic mass is 14.9. The first-order valence-electron chi connectivity index (χ1n) is 6.17. The minimum atomic E-state index is 0.598. The Bertz CT molecular complexity index is 302. The molecule has 1 heterocycles. The Hall–Kier alpha value is -0.820. The maximum Gasteiger partial charge on any atom is 0.0349 e. The monoisotopic (exact) mass is 203 g/mol. The third-order valence-corrected chi connectivity index (χ3v) is 3.62. The van der Waals surface area contributed by atoms with Gasteiger partial charge in [-0.25, -0.2) is 0 Å². The number of rotatable bonds is 3. The molecule has 0 spiro atoms. The predicted molar refractivity (Wildman–Crippen MR) is 65.0 cm³/mol. The molecule has 1 heteroatoms. The van der Waals surface area contributed by atoms with E-state index >= 15 is 0 Å². The lowest BCUT2D eigenvalue weighted by Gasteiger charge is -2.18. The highest BCUT2D eigenvalue weighted by Gasteiger charge is 2.26. The SMILES string of the molecule is CCc1ccc([C@H]2NCC[C@H]2CC)cc1. The van der Waals surface area contributed by atoms with Crippen molar-refractivity contribution in [2.24, 2.45) is 5.92 Å². The summed E-state index contributed by atoms with van der Waals surface area (Å²) in [5, 5.41) is 3.61. The van der Waals surface area contributed by atoms with E-state index in [1.807, 2.05) is 0 Å². The average Bonchev–Trinajstić information content (AvgIpc) is 2.77. The largest absolute Gasteiger partial charge is 0.310 e. The molecule has 1 nitrogen and oxygen atoms in total. The number of hydrogen-bond acceptors (Lipinski definition) is 1. The highest BCUT2D eigenvalue weighted by Crippen LogP contribution is 2.31. The molecule has 0 aromatic heterocycles. The van der Waals surface area contributed by atoms with Gasteiger partial charge in [-0.05, 0) is 36.4 Å². The minimum absolute atomic E-state index is 0.598. The van der Waals surface area contributed by atoms with Gasteiger partial charge < -0.3 is 5.32 Å². The van der Waals surface area contributed by atoms with Crippen molar-refractivity contribution in [1.82, 2.24) is 5.32 Å². The normalized spacial score (nSPS) is 25.7. The fourth-order valence-electron chi connectivity index (χ4n) is 2.55. The van der Waals surface area contributed by atoms with E-state index in [1.165, 1.54) is 30.5 Å². The number of nitrogens with one attached hydrogen (secondary N) is 1. The van der Waals surface area contributed by atoms with Crippen molar-refractivity contribution in [2.45, 2.75) is 39.2 Å². The fourth-order valence-corrected chi connectivity index (χ4v) is 2.55. The number of aryl methyl sites for hydroxylation is 1. The molecule has 15 heavy (non-hydrogen) atoms. The summed E-state index contributed by atoms with van der Waals surface area (Å²) in [6, 6.07) is 9.72. The van der Waals surface area contributed by atoms with Crippen LogP contribution in [0.25, 0.3) is 0 Å². The summed E-state index contributed by atoms with van der Waals surface area (Å²) in [7, 11) is 0. The highest BCUT2D eigenvalue weighted by molar-refractivity contribution is 5.26. The summed E-state index contributed by atoms with van der Waals surface area (Å²) in [6.45, 7) is 5.68. The molecule has 1 fully saturated rings. The van der Waals surface area contributed by atoms with Gasteiger partial charge in [0.15, 0.2) is 0 Å². The van der Waals surface area contributed by atoms with Gasteiger partial charge in [0.2, 0.25) is 0 Å². The second-order valence-electron chi connectivity index (χ2n) is 4.48. The van der Waals surface area contributed by atoms with Gasteiger partial charge in [0, 0.05) is 6.04 Å². The maximum absolute atomic E-state index is 3.61. The molecule has 1 aliphatic heterocycles. The maximum atomic E-state index is 3.61. The third-order valence-electron chi connectivity index (χ3n) is 3.62. The van der Waals surface area contributed by atoms with Gasteiger partial charge >= 0.3 is 0 Å².